The van der Waals surface area contributed by atoms with Crippen molar-refractivity contribution < 1.29 is 24.2 Å². The second-order valence-electron chi connectivity index (χ2n) is 10.6. The van der Waals surface area contributed by atoms with Crippen LogP contribution in [-0.2, 0) is 19.1 Å². The molecular weight excluding hydrogens is 494 g/mol. The zero-order chi connectivity index (χ0) is 26.5. The maximum Gasteiger partial charge on any atom is 0.253 e. The Morgan fingerprint density at radius 1 is 1.08 bits per heavy atom. The average molecular weight is 528 g/mol. The Morgan fingerprint density at radius 3 is 2.46 bits per heavy atom. The number of carbonyl (C=O) groups is 3. The highest BCUT2D eigenvalue weighted by Gasteiger charge is 2.72. The zero-order valence-electron chi connectivity index (χ0n) is 21.4. The fraction of sp³-hybridized carbons (Fsp3) is 0.536. The number of hydrogen-bond donors (Lipinski definition) is 1. The molecule has 3 amide bonds. The van der Waals surface area contributed by atoms with Gasteiger partial charge in [-0.3, -0.25) is 14.4 Å². The second-order valence-corrected chi connectivity index (χ2v) is 11.1. The van der Waals surface area contributed by atoms with Crippen molar-refractivity contribution in [2.24, 2.45) is 17.8 Å². The number of aliphatic hydroxyl groups excluding tert-OH is 1. The van der Waals surface area contributed by atoms with Gasteiger partial charge in [-0.15, -0.1) is 0 Å². The van der Waals surface area contributed by atoms with Gasteiger partial charge in [0, 0.05) is 30.3 Å². The first-order valence-electron chi connectivity index (χ1n) is 13.1. The number of rotatable bonds is 6. The van der Waals surface area contributed by atoms with Crippen molar-refractivity contribution >= 4 is 35.0 Å². The van der Waals surface area contributed by atoms with Crippen molar-refractivity contribution in [2.45, 2.75) is 51.0 Å². The van der Waals surface area contributed by atoms with E-state index < -0.39 is 35.6 Å². The molecule has 0 radical (unpaired) electrons. The smallest absolute Gasteiger partial charge is 0.253 e. The first kappa shape index (κ1) is 25.9. The number of amides is 3. The summed E-state index contributed by atoms with van der Waals surface area (Å²) >= 11 is 6.09. The monoisotopic (exact) mass is 527 g/mol. The third-order valence-electron chi connectivity index (χ3n) is 8.13. The van der Waals surface area contributed by atoms with E-state index in [4.69, 9.17) is 16.3 Å². The number of hydrogen-bond acceptors (Lipinski definition) is 5. The number of nitrogens with zero attached hydrogens (tertiary/aromatic N) is 3. The molecule has 1 N–H and O–H groups in total. The molecule has 0 aromatic heterocycles. The summed E-state index contributed by atoms with van der Waals surface area (Å²) in [6.45, 7) is 6.86. The Bertz CT molecular complexity index is 1140. The number of halogens is 1. The lowest BCUT2D eigenvalue weighted by atomic mass is 9.77. The molecule has 1 spiro atoms. The van der Waals surface area contributed by atoms with Gasteiger partial charge in [-0.1, -0.05) is 56.7 Å². The maximum absolute atomic E-state index is 14.4. The van der Waals surface area contributed by atoms with Crippen LogP contribution in [0.3, 0.4) is 0 Å². The van der Waals surface area contributed by atoms with Crippen LogP contribution in [-0.4, -0.2) is 82.7 Å². The van der Waals surface area contributed by atoms with E-state index in [1.165, 1.54) is 4.90 Å². The largest absolute Gasteiger partial charge is 0.394 e. The predicted octanol–water partition coefficient (Wildman–Crippen LogP) is 2.65. The van der Waals surface area contributed by atoms with Gasteiger partial charge < -0.3 is 24.5 Å². The SMILES string of the molecule is CCCN1CC=C[C@H]2O[C@]34C=CCN(c5ccc(Cl)cc5)C(=O)C3N([C@@H](CO)C(C)C)C(=O)[C@@H]4[C@H]2C1=O. The molecule has 2 fully saturated rings. The number of benzene rings is 1. The van der Waals surface area contributed by atoms with Crippen LogP contribution in [0.15, 0.2) is 48.6 Å². The predicted molar refractivity (Wildman–Crippen MR) is 140 cm³/mol. The van der Waals surface area contributed by atoms with Crippen LogP contribution in [0, 0.1) is 17.8 Å². The summed E-state index contributed by atoms with van der Waals surface area (Å²) in [5.74, 6) is -2.48. The number of fused-ring (bicyclic) bond motifs is 2. The zero-order valence-corrected chi connectivity index (χ0v) is 22.2. The van der Waals surface area contributed by atoms with Crippen LogP contribution in [0.5, 0.6) is 0 Å². The molecule has 198 valence electrons. The third-order valence-corrected chi connectivity index (χ3v) is 8.38. The normalized spacial score (nSPS) is 31.9. The van der Waals surface area contributed by atoms with Gasteiger partial charge in [-0.05, 0) is 36.6 Å². The van der Waals surface area contributed by atoms with Gasteiger partial charge in [0.25, 0.3) is 5.91 Å². The molecular formula is C28H34ClN3O5. The minimum atomic E-state index is -1.32. The topological polar surface area (TPSA) is 90.4 Å². The Hall–Kier alpha value is -2.68. The third kappa shape index (κ3) is 4.01. The van der Waals surface area contributed by atoms with Crippen LogP contribution in [0.1, 0.15) is 27.2 Å². The number of aliphatic hydroxyl groups is 1. The molecule has 4 aliphatic rings. The summed E-state index contributed by atoms with van der Waals surface area (Å²) in [4.78, 5) is 47.3. The Labute approximate surface area is 222 Å². The van der Waals surface area contributed by atoms with E-state index in [-0.39, 0.29) is 36.8 Å². The summed E-state index contributed by atoms with van der Waals surface area (Å²) in [6.07, 6.45) is 7.64. The van der Waals surface area contributed by atoms with Crippen molar-refractivity contribution in [2.75, 3.05) is 31.1 Å². The molecule has 1 unspecified atom stereocenters. The molecule has 9 heteroatoms. The van der Waals surface area contributed by atoms with E-state index in [1.54, 1.807) is 34.1 Å². The molecule has 8 nitrogen and oxygen atoms in total. The van der Waals surface area contributed by atoms with Crippen LogP contribution in [0.25, 0.3) is 0 Å². The summed E-state index contributed by atoms with van der Waals surface area (Å²) in [7, 11) is 0. The molecule has 1 aromatic carbocycles. The van der Waals surface area contributed by atoms with Gasteiger partial charge in [-0.2, -0.15) is 0 Å². The number of anilines is 1. The van der Waals surface area contributed by atoms with Gasteiger partial charge in [0.05, 0.1) is 30.6 Å². The lowest BCUT2D eigenvalue weighted by molar-refractivity contribution is -0.147. The van der Waals surface area contributed by atoms with E-state index in [1.807, 2.05) is 45.1 Å². The van der Waals surface area contributed by atoms with Crippen LogP contribution in [0.2, 0.25) is 5.02 Å². The summed E-state index contributed by atoms with van der Waals surface area (Å²) in [6, 6.07) is 5.35. The highest BCUT2D eigenvalue weighted by Crippen LogP contribution is 2.54. The van der Waals surface area contributed by atoms with Crippen LogP contribution >= 0.6 is 11.6 Å². The number of ether oxygens (including phenoxy) is 1. The maximum atomic E-state index is 14.4. The molecule has 37 heavy (non-hydrogen) atoms. The summed E-state index contributed by atoms with van der Waals surface area (Å²) in [5, 5.41) is 10.9. The average Bonchev–Trinajstić information content (AvgIpc) is 3.18. The highest BCUT2D eigenvalue weighted by molar-refractivity contribution is 6.30. The molecule has 5 rings (SSSR count). The van der Waals surface area contributed by atoms with Crippen molar-refractivity contribution in [3.63, 3.8) is 0 Å². The van der Waals surface area contributed by atoms with Gasteiger partial charge in [0.15, 0.2) is 0 Å². The van der Waals surface area contributed by atoms with Gasteiger partial charge in [-0.25, -0.2) is 0 Å². The van der Waals surface area contributed by atoms with Crippen LogP contribution in [0.4, 0.5) is 5.69 Å². The molecule has 2 saturated heterocycles. The second kappa shape index (κ2) is 9.89. The number of likely N-dealkylation sites (tertiary alicyclic amines) is 1. The quantitative estimate of drug-likeness (QED) is 0.574. The van der Waals surface area contributed by atoms with Gasteiger partial charge in [0.1, 0.15) is 11.6 Å². The van der Waals surface area contributed by atoms with E-state index >= 15 is 0 Å². The highest BCUT2D eigenvalue weighted by atomic mass is 35.5. The Balaban J connectivity index is 1.64. The summed E-state index contributed by atoms with van der Waals surface area (Å²) < 4.78 is 6.65. The summed E-state index contributed by atoms with van der Waals surface area (Å²) in [5.41, 5.74) is -0.670. The first-order chi connectivity index (χ1) is 17.7. The molecule has 0 saturated carbocycles. The molecule has 4 aliphatic heterocycles. The standard InChI is InChI=1S/C28H34ClN3O5/c1-4-13-30-14-5-7-21-22(25(30)34)23-26(35)32(20(16-33)17(2)3)24-27(36)31(15-6-12-28(23,24)37-21)19-10-8-18(29)9-11-19/h5-12,17,20-24,33H,4,13-16H2,1-3H3/t20-,21+,22-,23-,24?,28-/m0/s1. The van der Waals surface area contributed by atoms with E-state index in [0.29, 0.717) is 23.8 Å². The van der Waals surface area contributed by atoms with Crippen molar-refractivity contribution in [1.29, 1.82) is 0 Å². The van der Waals surface area contributed by atoms with Gasteiger partial charge in [0.2, 0.25) is 11.8 Å². The fourth-order valence-electron chi connectivity index (χ4n) is 6.43. The molecule has 0 aliphatic carbocycles. The molecule has 1 aromatic rings. The lowest BCUT2D eigenvalue weighted by Gasteiger charge is -2.39. The van der Waals surface area contributed by atoms with E-state index in [0.717, 1.165) is 6.42 Å². The molecule has 6 atom stereocenters. The minimum absolute atomic E-state index is 0.119. The van der Waals surface area contributed by atoms with Crippen molar-refractivity contribution in [3.05, 3.63) is 53.6 Å². The van der Waals surface area contributed by atoms with E-state index in [2.05, 4.69) is 0 Å². The minimum Gasteiger partial charge on any atom is -0.394 e. The lowest BCUT2D eigenvalue weighted by Crippen LogP contribution is -2.59. The first-order valence-corrected chi connectivity index (χ1v) is 13.4. The Kier molecular flexibility index (Phi) is 6.94. The van der Waals surface area contributed by atoms with Crippen molar-refractivity contribution in [3.8, 4) is 0 Å². The van der Waals surface area contributed by atoms with Crippen molar-refractivity contribution in [1.82, 2.24) is 9.80 Å². The Morgan fingerprint density at radius 2 is 1.81 bits per heavy atom. The molecule has 0 bridgehead atoms. The van der Waals surface area contributed by atoms with Gasteiger partial charge >= 0.3 is 0 Å². The molecule has 4 heterocycles. The fourth-order valence-corrected chi connectivity index (χ4v) is 6.56. The van der Waals surface area contributed by atoms with Crippen LogP contribution < -0.4 is 4.90 Å². The number of carbonyl (C=O) groups excluding carboxylic acids is 3. The van der Waals surface area contributed by atoms with E-state index in [9.17, 15) is 19.5 Å².